The maximum Gasteiger partial charge on any atom is 0.409 e. The molecule has 1 aromatic heterocycles. The summed E-state index contributed by atoms with van der Waals surface area (Å²) in [5.74, 6) is 0.363. The van der Waals surface area contributed by atoms with Gasteiger partial charge in [-0.2, -0.15) is 0 Å². The van der Waals surface area contributed by atoms with Crippen LogP contribution in [0.3, 0.4) is 0 Å². The molecular weight excluding hydrogens is 280 g/mol. The number of piperazine rings is 1. The Morgan fingerprint density at radius 2 is 2.09 bits per heavy atom. The lowest BCUT2D eigenvalue weighted by Gasteiger charge is -2.35. The van der Waals surface area contributed by atoms with Gasteiger partial charge < -0.3 is 19.5 Å². The van der Waals surface area contributed by atoms with Gasteiger partial charge in [-0.15, -0.1) is 0 Å². The Labute approximate surface area is 130 Å². The molecule has 3 rings (SSSR count). The van der Waals surface area contributed by atoms with Crippen LogP contribution in [-0.4, -0.2) is 53.7 Å². The first kappa shape index (κ1) is 14.7. The van der Waals surface area contributed by atoms with Crippen molar-refractivity contribution in [2.24, 2.45) is 5.92 Å². The average Bonchev–Trinajstić information content (AvgIpc) is 3.01. The zero-order valence-electron chi connectivity index (χ0n) is 13.1. The van der Waals surface area contributed by atoms with E-state index < -0.39 is 0 Å². The van der Waals surface area contributed by atoms with Crippen molar-refractivity contribution in [2.45, 2.75) is 13.8 Å². The lowest BCUT2D eigenvalue weighted by Crippen LogP contribution is -2.49. The molecule has 1 aromatic carbocycles. The minimum atomic E-state index is -0.202. The van der Waals surface area contributed by atoms with Gasteiger partial charge in [0.05, 0.1) is 24.1 Å². The van der Waals surface area contributed by atoms with E-state index in [0.717, 1.165) is 29.8 Å². The molecule has 1 amide bonds. The molecule has 1 N–H and O–H groups in total. The minimum absolute atomic E-state index is 0.202. The molecule has 22 heavy (non-hydrogen) atoms. The first-order chi connectivity index (χ1) is 10.6. The highest BCUT2D eigenvalue weighted by Gasteiger charge is 2.23. The molecule has 0 spiro atoms. The average molecular weight is 302 g/mol. The van der Waals surface area contributed by atoms with E-state index in [1.807, 2.05) is 26.0 Å². The van der Waals surface area contributed by atoms with E-state index in [0.29, 0.717) is 25.6 Å². The molecule has 0 aliphatic carbocycles. The third kappa shape index (κ3) is 3.00. The van der Waals surface area contributed by atoms with E-state index >= 15 is 0 Å². The Kier molecular flexibility index (Phi) is 4.18. The van der Waals surface area contributed by atoms with E-state index in [1.165, 1.54) is 0 Å². The second-order valence-corrected chi connectivity index (χ2v) is 6.02. The highest BCUT2D eigenvalue weighted by atomic mass is 16.6. The number of aromatic nitrogens is 2. The van der Waals surface area contributed by atoms with Gasteiger partial charge in [-0.25, -0.2) is 9.78 Å². The molecule has 2 aromatic rings. The van der Waals surface area contributed by atoms with Crippen LogP contribution in [0.4, 0.5) is 10.5 Å². The number of aromatic amines is 1. The highest BCUT2D eigenvalue weighted by molar-refractivity contribution is 5.88. The number of ether oxygens (including phenoxy) is 1. The zero-order chi connectivity index (χ0) is 15.5. The van der Waals surface area contributed by atoms with Gasteiger partial charge in [0.1, 0.15) is 5.52 Å². The van der Waals surface area contributed by atoms with Crippen molar-refractivity contribution in [3.8, 4) is 0 Å². The monoisotopic (exact) mass is 302 g/mol. The predicted octanol–water partition coefficient (Wildman–Crippen LogP) is 2.48. The Bertz CT molecular complexity index is 644. The van der Waals surface area contributed by atoms with Crippen LogP contribution in [0.1, 0.15) is 13.8 Å². The van der Waals surface area contributed by atoms with Crippen LogP contribution in [0.15, 0.2) is 24.5 Å². The van der Waals surface area contributed by atoms with E-state index in [2.05, 4.69) is 20.9 Å². The summed E-state index contributed by atoms with van der Waals surface area (Å²) in [6.07, 6.45) is 1.51. The quantitative estimate of drug-likeness (QED) is 0.946. The first-order valence-corrected chi connectivity index (χ1v) is 7.74. The summed E-state index contributed by atoms with van der Waals surface area (Å²) in [5, 5.41) is 0. The lowest BCUT2D eigenvalue weighted by atomic mass is 10.2. The van der Waals surface area contributed by atoms with E-state index in [4.69, 9.17) is 4.74 Å². The number of imidazole rings is 1. The van der Waals surface area contributed by atoms with Crippen LogP contribution in [0.25, 0.3) is 11.0 Å². The molecule has 6 heteroatoms. The van der Waals surface area contributed by atoms with Gasteiger partial charge in [0, 0.05) is 26.2 Å². The van der Waals surface area contributed by atoms with Gasteiger partial charge in [0.15, 0.2) is 0 Å². The number of rotatable bonds is 3. The van der Waals surface area contributed by atoms with Crippen LogP contribution in [-0.2, 0) is 4.74 Å². The maximum absolute atomic E-state index is 12.0. The van der Waals surface area contributed by atoms with Crippen LogP contribution in [0.2, 0.25) is 0 Å². The zero-order valence-corrected chi connectivity index (χ0v) is 13.1. The summed E-state index contributed by atoms with van der Waals surface area (Å²) in [6.45, 7) is 7.50. The van der Waals surface area contributed by atoms with Crippen LogP contribution >= 0.6 is 0 Å². The van der Waals surface area contributed by atoms with Gasteiger partial charge in [0.2, 0.25) is 0 Å². The van der Waals surface area contributed by atoms with Crippen molar-refractivity contribution in [1.29, 1.82) is 0 Å². The molecule has 0 bridgehead atoms. The minimum Gasteiger partial charge on any atom is -0.449 e. The number of nitrogens with zero attached hydrogens (tertiary/aromatic N) is 3. The second kappa shape index (κ2) is 6.25. The highest BCUT2D eigenvalue weighted by Crippen LogP contribution is 2.25. The summed E-state index contributed by atoms with van der Waals surface area (Å²) in [6, 6.07) is 6.13. The van der Waals surface area contributed by atoms with Crippen molar-refractivity contribution in [3.63, 3.8) is 0 Å². The molecule has 118 valence electrons. The summed E-state index contributed by atoms with van der Waals surface area (Å²) in [7, 11) is 0. The Morgan fingerprint density at radius 3 is 2.82 bits per heavy atom. The van der Waals surface area contributed by atoms with Crippen molar-refractivity contribution in [3.05, 3.63) is 24.5 Å². The fraction of sp³-hybridized carbons (Fsp3) is 0.500. The number of carbonyl (C=O) groups is 1. The SMILES string of the molecule is CC(C)COC(=O)N1CCN(c2cccc3[nH]cnc23)CC1. The Balaban J connectivity index is 1.62. The van der Waals surface area contributed by atoms with Crippen LogP contribution in [0.5, 0.6) is 0 Å². The molecule has 0 saturated carbocycles. The molecule has 1 fully saturated rings. The third-order valence-electron chi connectivity index (χ3n) is 3.85. The van der Waals surface area contributed by atoms with Crippen molar-refractivity contribution < 1.29 is 9.53 Å². The number of nitrogens with one attached hydrogen (secondary N) is 1. The fourth-order valence-electron chi connectivity index (χ4n) is 2.66. The first-order valence-electron chi connectivity index (χ1n) is 7.74. The summed E-state index contributed by atoms with van der Waals surface area (Å²) in [4.78, 5) is 23.6. The molecule has 0 radical (unpaired) electrons. The number of hydrogen-bond acceptors (Lipinski definition) is 4. The fourth-order valence-corrected chi connectivity index (χ4v) is 2.66. The number of amides is 1. The lowest BCUT2D eigenvalue weighted by molar-refractivity contribution is 0.0902. The third-order valence-corrected chi connectivity index (χ3v) is 3.85. The maximum atomic E-state index is 12.0. The number of hydrogen-bond donors (Lipinski definition) is 1. The number of carbonyl (C=O) groups excluding carboxylic acids is 1. The molecule has 0 unspecified atom stereocenters. The normalized spacial score (nSPS) is 15.6. The summed E-state index contributed by atoms with van der Waals surface area (Å²) < 4.78 is 5.29. The van der Waals surface area contributed by atoms with Gasteiger partial charge in [-0.3, -0.25) is 0 Å². The number of para-hydroxylation sites is 1. The standard InChI is InChI=1S/C16H22N4O2/c1-12(2)10-22-16(21)20-8-6-19(7-9-20)14-5-3-4-13-15(14)18-11-17-13/h3-5,11-12H,6-10H2,1-2H3,(H,17,18). The topological polar surface area (TPSA) is 61.5 Å². The van der Waals surface area contributed by atoms with Crippen molar-refractivity contribution in [2.75, 3.05) is 37.7 Å². The molecule has 1 aliphatic rings. The Hall–Kier alpha value is -2.24. The van der Waals surface area contributed by atoms with Gasteiger partial charge in [-0.1, -0.05) is 19.9 Å². The van der Waals surface area contributed by atoms with Crippen molar-refractivity contribution in [1.82, 2.24) is 14.9 Å². The number of H-pyrrole nitrogens is 1. The van der Waals surface area contributed by atoms with E-state index in [1.54, 1.807) is 11.2 Å². The smallest absolute Gasteiger partial charge is 0.409 e. The largest absolute Gasteiger partial charge is 0.449 e. The molecule has 0 atom stereocenters. The Morgan fingerprint density at radius 1 is 1.32 bits per heavy atom. The molecule has 1 aliphatic heterocycles. The number of benzene rings is 1. The summed E-state index contributed by atoms with van der Waals surface area (Å²) in [5.41, 5.74) is 3.14. The molecule has 1 saturated heterocycles. The van der Waals surface area contributed by atoms with Crippen LogP contribution < -0.4 is 4.90 Å². The van der Waals surface area contributed by atoms with E-state index in [-0.39, 0.29) is 6.09 Å². The molecule has 6 nitrogen and oxygen atoms in total. The number of fused-ring (bicyclic) bond motifs is 1. The van der Waals surface area contributed by atoms with Gasteiger partial charge >= 0.3 is 6.09 Å². The molecule has 2 heterocycles. The summed E-state index contributed by atoms with van der Waals surface area (Å²) >= 11 is 0. The number of anilines is 1. The second-order valence-electron chi connectivity index (χ2n) is 6.02. The predicted molar refractivity (Wildman–Crippen MR) is 86.1 cm³/mol. The molecular formula is C16H22N4O2. The van der Waals surface area contributed by atoms with E-state index in [9.17, 15) is 4.79 Å². The van der Waals surface area contributed by atoms with Crippen LogP contribution in [0, 0.1) is 5.92 Å². The van der Waals surface area contributed by atoms with Gasteiger partial charge in [0.25, 0.3) is 0 Å². The van der Waals surface area contributed by atoms with Crippen molar-refractivity contribution >= 4 is 22.8 Å². The van der Waals surface area contributed by atoms with Gasteiger partial charge in [-0.05, 0) is 18.1 Å².